The molecule has 3 aromatic rings. The summed E-state index contributed by atoms with van der Waals surface area (Å²) < 4.78 is 4.91. The van der Waals surface area contributed by atoms with Gasteiger partial charge in [0.2, 0.25) is 5.82 Å². The maximum Gasteiger partial charge on any atom is 0.330 e. The minimum absolute atomic E-state index is 0.111. The fourth-order valence-corrected chi connectivity index (χ4v) is 2.78. The zero-order valence-electron chi connectivity index (χ0n) is 14.3. The van der Waals surface area contributed by atoms with Crippen molar-refractivity contribution >= 4 is 34.7 Å². The third-order valence-electron chi connectivity index (χ3n) is 3.38. The van der Waals surface area contributed by atoms with E-state index >= 15 is 0 Å². The summed E-state index contributed by atoms with van der Waals surface area (Å²) in [6.45, 7) is 0.714. The number of tetrazole rings is 1. The lowest BCUT2D eigenvalue weighted by Crippen LogP contribution is -2.23. The third kappa shape index (κ3) is 5.05. The number of thiophene rings is 1. The number of Topliss-reactive ketones (excluding diaryl/α,β-unsaturated/α-hetero) is 1. The van der Waals surface area contributed by atoms with Crippen molar-refractivity contribution in [2.75, 3.05) is 11.9 Å². The van der Waals surface area contributed by atoms with Crippen LogP contribution in [0.4, 0.5) is 5.69 Å². The Kier molecular flexibility index (Phi) is 5.67. The van der Waals surface area contributed by atoms with E-state index in [1.165, 1.54) is 18.3 Å². The standard InChI is InChI=1S/C17H15N5O4S/c1-11(23)12-4-2-5-13(8-12)18-15(24)10-26-16(25)9-22-20-17(19-21-22)14-6-3-7-27-14/h2-8H,9-10H2,1H3,(H,18,24). The molecule has 1 amide bonds. The first-order valence-electron chi connectivity index (χ1n) is 7.89. The van der Waals surface area contributed by atoms with Crippen LogP contribution in [0.5, 0.6) is 0 Å². The van der Waals surface area contributed by atoms with Crippen molar-refractivity contribution in [3.05, 3.63) is 47.3 Å². The summed E-state index contributed by atoms with van der Waals surface area (Å²) in [6, 6.07) is 10.2. The molecule has 0 aliphatic carbocycles. The summed E-state index contributed by atoms with van der Waals surface area (Å²) in [6.07, 6.45) is 0. The number of anilines is 1. The smallest absolute Gasteiger partial charge is 0.330 e. The van der Waals surface area contributed by atoms with Crippen molar-refractivity contribution in [3.63, 3.8) is 0 Å². The number of aromatic nitrogens is 4. The van der Waals surface area contributed by atoms with E-state index in [1.807, 2.05) is 17.5 Å². The number of carbonyl (C=O) groups is 3. The highest BCUT2D eigenvalue weighted by Gasteiger charge is 2.13. The minimum Gasteiger partial charge on any atom is -0.454 e. The molecule has 1 aromatic carbocycles. The van der Waals surface area contributed by atoms with E-state index in [0.717, 1.165) is 9.67 Å². The SMILES string of the molecule is CC(=O)c1cccc(NC(=O)COC(=O)Cn2nnc(-c3cccs3)n2)c1. The highest BCUT2D eigenvalue weighted by atomic mass is 32.1. The van der Waals surface area contributed by atoms with Crippen molar-refractivity contribution in [2.45, 2.75) is 13.5 Å². The highest BCUT2D eigenvalue weighted by molar-refractivity contribution is 7.13. The van der Waals surface area contributed by atoms with E-state index in [9.17, 15) is 14.4 Å². The number of rotatable bonds is 7. The van der Waals surface area contributed by atoms with Gasteiger partial charge in [-0.1, -0.05) is 18.2 Å². The molecular weight excluding hydrogens is 370 g/mol. The average Bonchev–Trinajstić information content (AvgIpc) is 3.31. The fraction of sp³-hybridized carbons (Fsp3) is 0.176. The first kappa shape index (κ1) is 18.4. The molecule has 0 aliphatic rings. The summed E-state index contributed by atoms with van der Waals surface area (Å²) in [7, 11) is 0. The maximum atomic E-state index is 11.9. The van der Waals surface area contributed by atoms with E-state index in [2.05, 4.69) is 20.7 Å². The molecule has 10 heteroatoms. The highest BCUT2D eigenvalue weighted by Crippen LogP contribution is 2.19. The van der Waals surface area contributed by atoms with Crippen molar-refractivity contribution in [2.24, 2.45) is 0 Å². The van der Waals surface area contributed by atoms with Crippen LogP contribution < -0.4 is 5.32 Å². The van der Waals surface area contributed by atoms with Crippen LogP contribution in [0.3, 0.4) is 0 Å². The van der Waals surface area contributed by atoms with Crippen molar-refractivity contribution in [3.8, 4) is 10.7 Å². The fourth-order valence-electron chi connectivity index (χ4n) is 2.13. The van der Waals surface area contributed by atoms with Gasteiger partial charge in [0.15, 0.2) is 18.9 Å². The van der Waals surface area contributed by atoms with Gasteiger partial charge in [-0.3, -0.25) is 9.59 Å². The number of hydrogen-bond acceptors (Lipinski definition) is 8. The Balaban J connectivity index is 1.48. The molecule has 0 saturated carbocycles. The van der Waals surface area contributed by atoms with Crippen molar-refractivity contribution in [1.29, 1.82) is 0 Å². The molecule has 2 heterocycles. The summed E-state index contributed by atoms with van der Waals surface area (Å²) >= 11 is 1.46. The Morgan fingerprint density at radius 3 is 2.81 bits per heavy atom. The number of ketones is 1. The number of amides is 1. The molecule has 1 N–H and O–H groups in total. The number of nitrogens with one attached hydrogen (secondary N) is 1. The second kappa shape index (κ2) is 8.32. The van der Waals surface area contributed by atoms with E-state index in [1.54, 1.807) is 24.3 Å². The monoisotopic (exact) mass is 385 g/mol. The Labute approximate surface area is 158 Å². The predicted molar refractivity (Wildman–Crippen MR) is 97.2 cm³/mol. The summed E-state index contributed by atoms with van der Waals surface area (Å²) in [4.78, 5) is 37.0. The third-order valence-corrected chi connectivity index (χ3v) is 4.25. The number of benzene rings is 1. The molecule has 138 valence electrons. The van der Waals surface area contributed by atoms with Crippen LogP contribution in [0.2, 0.25) is 0 Å². The molecule has 0 fully saturated rings. The molecule has 0 atom stereocenters. The Hall–Kier alpha value is -3.40. The first-order valence-corrected chi connectivity index (χ1v) is 8.77. The number of nitrogens with zero attached hydrogens (tertiary/aromatic N) is 4. The molecule has 2 aromatic heterocycles. The van der Waals surface area contributed by atoms with Crippen LogP contribution >= 0.6 is 11.3 Å². The van der Waals surface area contributed by atoms with Crippen LogP contribution in [0, 0.1) is 0 Å². The Morgan fingerprint density at radius 2 is 2.07 bits per heavy atom. The number of ether oxygens (including phenoxy) is 1. The lowest BCUT2D eigenvalue weighted by atomic mass is 10.1. The average molecular weight is 385 g/mol. The van der Waals surface area contributed by atoms with Crippen LogP contribution in [0.1, 0.15) is 17.3 Å². The largest absolute Gasteiger partial charge is 0.454 e. The van der Waals surface area contributed by atoms with Gasteiger partial charge in [0.05, 0.1) is 4.88 Å². The molecule has 0 radical (unpaired) electrons. The number of hydrogen-bond donors (Lipinski definition) is 1. The van der Waals surface area contributed by atoms with Gasteiger partial charge in [0.25, 0.3) is 5.91 Å². The van der Waals surface area contributed by atoms with Crippen LogP contribution in [-0.2, 0) is 20.9 Å². The molecule has 0 aliphatic heterocycles. The van der Waals surface area contributed by atoms with Gasteiger partial charge >= 0.3 is 5.97 Å². The Bertz CT molecular complexity index is 967. The molecule has 0 bridgehead atoms. The van der Waals surface area contributed by atoms with Gasteiger partial charge in [0.1, 0.15) is 0 Å². The van der Waals surface area contributed by atoms with Gasteiger partial charge in [0, 0.05) is 11.3 Å². The molecule has 0 unspecified atom stereocenters. The lowest BCUT2D eigenvalue weighted by molar-refractivity contribution is -0.148. The first-order chi connectivity index (χ1) is 13.0. The number of esters is 1. The zero-order chi connectivity index (χ0) is 19.2. The summed E-state index contributed by atoms with van der Waals surface area (Å²) in [5.41, 5.74) is 0.922. The van der Waals surface area contributed by atoms with Gasteiger partial charge in [-0.25, -0.2) is 4.79 Å². The minimum atomic E-state index is -0.669. The number of carbonyl (C=O) groups excluding carboxylic acids is 3. The van der Waals surface area contributed by atoms with Crippen LogP contribution in [0.25, 0.3) is 10.7 Å². The van der Waals surface area contributed by atoms with E-state index in [-0.39, 0.29) is 12.3 Å². The summed E-state index contributed by atoms with van der Waals surface area (Å²) in [5.74, 6) is -0.881. The maximum absolute atomic E-state index is 11.9. The predicted octanol–water partition coefficient (Wildman–Crippen LogP) is 1.79. The van der Waals surface area contributed by atoms with Gasteiger partial charge < -0.3 is 10.1 Å². The van der Waals surface area contributed by atoms with E-state index < -0.39 is 18.5 Å². The molecule has 27 heavy (non-hydrogen) atoms. The van der Waals surface area contributed by atoms with Crippen LogP contribution in [0.15, 0.2) is 41.8 Å². The van der Waals surface area contributed by atoms with Gasteiger partial charge in [-0.15, -0.1) is 21.5 Å². The van der Waals surface area contributed by atoms with Crippen molar-refractivity contribution < 1.29 is 19.1 Å². The van der Waals surface area contributed by atoms with Gasteiger partial charge in [-0.05, 0) is 35.7 Å². The Morgan fingerprint density at radius 1 is 1.22 bits per heavy atom. The molecule has 9 nitrogen and oxygen atoms in total. The normalized spacial score (nSPS) is 10.4. The van der Waals surface area contributed by atoms with Gasteiger partial charge in [-0.2, -0.15) is 4.80 Å². The van der Waals surface area contributed by atoms with E-state index in [0.29, 0.717) is 17.1 Å². The van der Waals surface area contributed by atoms with Crippen molar-refractivity contribution in [1.82, 2.24) is 20.2 Å². The zero-order valence-corrected chi connectivity index (χ0v) is 15.1. The van der Waals surface area contributed by atoms with Crippen LogP contribution in [-0.4, -0.2) is 44.5 Å². The second-order valence-corrected chi connectivity index (χ2v) is 6.41. The topological polar surface area (TPSA) is 116 Å². The lowest BCUT2D eigenvalue weighted by Gasteiger charge is -2.07. The quantitative estimate of drug-likeness (QED) is 0.487. The summed E-state index contributed by atoms with van der Waals surface area (Å²) in [5, 5.41) is 16.2. The molecular formula is C17H15N5O4S. The molecule has 0 saturated heterocycles. The molecule has 3 rings (SSSR count). The molecule has 0 spiro atoms. The van der Waals surface area contributed by atoms with E-state index in [4.69, 9.17) is 4.74 Å². The second-order valence-electron chi connectivity index (χ2n) is 5.47.